The van der Waals surface area contributed by atoms with Gasteiger partial charge in [-0.05, 0) is 18.2 Å². The van der Waals surface area contributed by atoms with E-state index < -0.39 is 0 Å². The van der Waals surface area contributed by atoms with Crippen LogP contribution < -0.4 is 9.47 Å². The summed E-state index contributed by atoms with van der Waals surface area (Å²) in [7, 11) is 3.25. The maximum atomic E-state index is 5.23. The Hall–Kier alpha value is -1.62. The smallest absolute Gasteiger partial charge is 0.123 e. The fourth-order valence-electron chi connectivity index (χ4n) is 1.13. The van der Waals surface area contributed by atoms with Gasteiger partial charge >= 0.3 is 0 Å². The van der Waals surface area contributed by atoms with Crippen LogP contribution in [0.5, 0.6) is 11.5 Å². The lowest BCUT2D eigenvalue weighted by molar-refractivity contribution is 0.400. The van der Waals surface area contributed by atoms with Crippen LogP contribution in [0, 0.1) is 12.3 Å². The Morgan fingerprint density at radius 3 is 2.62 bits per heavy atom. The summed E-state index contributed by atoms with van der Waals surface area (Å²) >= 11 is 0. The van der Waals surface area contributed by atoms with Crippen LogP contribution in [0.3, 0.4) is 0 Å². The number of hydrogen-bond donors (Lipinski definition) is 0. The van der Waals surface area contributed by atoms with Gasteiger partial charge in [0.25, 0.3) is 0 Å². The van der Waals surface area contributed by atoms with Crippen molar-refractivity contribution in [2.24, 2.45) is 0 Å². The molecule has 13 heavy (non-hydrogen) atoms. The summed E-state index contributed by atoms with van der Waals surface area (Å²) in [6, 6.07) is 5.59. The Morgan fingerprint density at radius 2 is 2.08 bits per heavy atom. The summed E-state index contributed by atoms with van der Waals surface area (Å²) in [5.74, 6) is 4.18. The molecule has 0 amide bonds. The highest BCUT2D eigenvalue weighted by molar-refractivity contribution is 5.41. The fourth-order valence-corrected chi connectivity index (χ4v) is 1.13. The summed E-state index contributed by atoms with van der Waals surface area (Å²) in [6.45, 7) is 0. The van der Waals surface area contributed by atoms with Crippen LogP contribution >= 0.6 is 0 Å². The zero-order valence-corrected chi connectivity index (χ0v) is 7.83. The molecule has 2 heteroatoms. The normalized spacial score (nSPS) is 9.00. The maximum Gasteiger partial charge on any atom is 0.123 e. The lowest BCUT2D eigenvalue weighted by Crippen LogP contribution is -1.92. The van der Waals surface area contributed by atoms with Crippen molar-refractivity contribution in [3.8, 4) is 23.8 Å². The van der Waals surface area contributed by atoms with Crippen molar-refractivity contribution in [1.29, 1.82) is 0 Å². The average molecular weight is 176 g/mol. The largest absolute Gasteiger partial charge is 0.497 e. The van der Waals surface area contributed by atoms with Gasteiger partial charge in [-0.3, -0.25) is 0 Å². The van der Waals surface area contributed by atoms with Gasteiger partial charge in [0.1, 0.15) is 11.5 Å². The lowest BCUT2D eigenvalue weighted by atomic mass is 10.1. The fraction of sp³-hybridized carbons (Fsp3) is 0.273. The Kier molecular flexibility index (Phi) is 3.22. The second kappa shape index (κ2) is 4.42. The second-order valence-electron chi connectivity index (χ2n) is 2.56. The molecule has 0 unspecified atom stereocenters. The van der Waals surface area contributed by atoms with Gasteiger partial charge in [-0.2, -0.15) is 0 Å². The van der Waals surface area contributed by atoms with E-state index in [0.717, 1.165) is 17.1 Å². The Morgan fingerprint density at radius 1 is 1.31 bits per heavy atom. The molecule has 68 valence electrons. The van der Waals surface area contributed by atoms with E-state index in [2.05, 4.69) is 5.92 Å². The van der Waals surface area contributed by atoms with E-state index in [1.807, 2.05) is 18.2 Å². The number of rotatable bonds is 3. The van der Waals surface area contributed by atoms with Crippen molar-refractivity contribution in [3.63, 3.8) is 0 Å². The predicted molar refractivity (Wildman–Crippen MR) is 52.1 cm³/mol. The molecule has 2 nitrogen and oxygen atoms in total. The molecule has 0 spiro atoms. The first-order chi connectivity index (χ1) is 6.31. The monoisotopic (exact) mass is 176 g/mol. The van der Waals surface area contributed by atoms with Gasteiger partial charge in [-0.25, -0.2) is 0 Å². The highest BCUT2D eigenvalue weighted by Crippen LogP contribution is 2.23. The predicted octanol–water partition coefficient (Wildman–Crippen LogP) is 1.88. The molecule has 0 saturated carbocycles. The topological polar surface area (TPSA) is 18.5 Å². The van der Waals surface area contributed by atoms with Crippen LogP contribution in [0.25, 0.3) is 0 Å². The third kappa shape index (κ3) is 2.16. The van der Waals surface area contributed by atoms with Crippen molar-refractivity contribution in [2.45, 2.75) is 6.42 Å². The molecular formula is C11H12O2. The Bertz CT molecular complexity index is 323. The molecule has 0 aromatic heterocycles. The van der Waals surface area contributed by atoms with Crippen LogP contribution in [0.1, 0.15) is 5.56 Å². The summed E-state index contributed by atoms with van der Waals surface area (Å²) in [5, 5.41) is 0. The summed E-state index contributed by atoms with van der Waals surface area (Å²) < 4.78 is 10.2. The van der Waals surface area contributed by atoms with Gasteiger partial charge in [-0.1, -0.05) is 0 Å². The molecule has 1 aromatic carbocycles. The second-order valence-corrected chi connectivity index (χ2v) is 2.56. The van der Waals surface area contributed by atoms with Crippen LogP contribution in [-0.2, 0) is 6.42 Å². The molecule has 1 rings (SSSR count). The van der Waals surface area contributed by atoms with Crippen molar-refractivity contribution >= 4 is 0 Å². The third-order valence-electron chi connectivity index (χ3n) is 1.78. The van der Waals surface area contributed by atoms with Crippen molar-refractivity contribution < 1.29 is 9.47 Å². The minimum atomic E-state index is 0.556. The number of benzene rings is 1. The van der Waals surface area contributed by atoms with E-state index in [0.29, 0.717) is 6.42 Å². The minimum absolute atomic E-state index is 0.556. The zero-order chi connectivity index (χ0) is 9.68. The first kappa shape index (κ1) is 9.47. The first-order valence-electron chi connectivity index (χ1n) is 3.96. The van der Waals surface area contributed by atoms with E-state index in [-0.39, 0.29) is 0 Å². The van der Waals surface area contributed by atoms with Crippen molar-refractivity contribution in [1.82, 2.24) is 0 Å². The molecule has 1 aromatic rings. The average Bonchev–Trinajstić information content (AvgIpc) is 2.18. The van der Waals surface area contributed by atoms with Gasteiger partial charge in [0.2, 0.25) is 0 Å². The van der Waals surface area contributed by atoms with E-state index in [1.54, 1.807) is 14.2 Å². The van der Waals surface area contributed by atoms with Crippen molar-refractivity contribution in [2.75, 3.05) is 14.2 Å². The van der Waals surface area contributed by atoms with E-state index in [1.165, 1.54) is 0 Å². The number of ether oxygens (including phenoxy) is 2. The SMILES string of the molecule is C#CCc1cc(OC)ccc1OC. The van der Waals surface area contributed by atoms with Gasteiger partial charge in [0.05, 0.1) is 14.2 Å². The first-order valence-corrected chi connectivity index (χ1v) is 3.96. The highest BCUT2D eigenvalue weighted by atomic mass is 16.5. The maximum absolute atomic E-state index is 5.23. The standard InChI is InChI=1S/C11H12O2/c1-4-5-9-8-10(12-2)6-7-11(9)13-3/h1,6-8H,5H2,2-3H3. The molecule has 0 bridgehead atoms. The summed E-state index contributed by atoms with van der Waals surface area (Å²) in [4.78, 5) is 0. The zero-order valence-electron chi connectivity index (χ0n) is 7.83. The molecule has 0 aliphatic heterocycles. The lowest BCUT2D eigenvalue weighted by Gasteiger charge is -2.07. The van der Waals surface area contributed by atoms with Crippen molar-refractivity contribution in [3.05, 3.63) is 23.8 Å². The molecule has 0 N–H and O–H groups in total. The van der Waals surface area contributed by atoms with Gasteiger partial charge in [-0.15, -0.1) is 12.3 Å². The molecule has 0 radical (unpaired) electrons. The van der Waals surface area contributed by atoms with Gasteiger partial charge < -0.3 is 9.47 Å². The molecule has 0 atom stereocenters. The Balaban J connectivity index is 3.04. The van der Waals surface area contributed by atoms with E-state index in [9.17, 15) is 0 Å². The number of methoxy groups -OCH3 is 2. The van der Waals surface area contributed by atoms with E-state index in [4.69, 9.17) is 15.9 Å². The minimum Gasteiger partial charge on any atom is -0.497 e. The van der Waals surface area contributed by atoms with Crippen LogP contribution in [-0.4, -0.2) is 14.2 Å². The molecular weight excluding hydrogens is 164 g/mol. The summed E-state index contributed by atoms with van der Waals surface area (Å²) in [6.07, 6.45) is 5.79. The van der Waals surface area contributed by atoms with Crippen LogP contribution in [0.2, 0.25) is 0 Å². The number of terminal acetylenes is 1. The Labute approximate surface area is 78.5 Å². The third-order valence-corrected chi connectivity index (χ3v) is 1.78. The molecule has 0 aliphatic carbocycles. The summed E-state index contributed by atoms with van der Waals surface area (Å²) in [5.41, 5.74) is 0.976. The molecule has 0 aliphatic rings. The molecule has 0 heterocycles. The van der Waals surface area contributed by atoms with Gasteiger partial charge in [0.15, 0.2) is 0 Å². The van der Waals surface area contributed by atoms with Crippen LogP contribution in [0.15, 0.2) is 18.2 Å². The molecule has 0 fully saturated rings. The highest BCUT2D eigenvalue weighted by Gasteiger charge is 2.02. The van der Waals surface area contributed by atoms with E-state index >= 15 is 0 Å². The van der Waals surface area contributed by atoms with Gasteiger partial charge in [0, 0.05) is 12.0 Å². The van der Waals surface area contributed by atoms with Crippen LogP contribution in [0.4, 0.5) is 0 Å². The number of hydrogen-bond acceptors (Lipinski definition) is 2. The molecule has 0 saturated heterocycles. The quantitative estimate of drug-likeness (QED) is 0.655.